The van der Waals surface area contributed by atoms with Gasteiger partial charge in [-0.25, -0.2) is 12.8 Å². The third-order valence-corrected chi connectivity index (χ3v) is 4.02. The average Bonchev–Trinajstić information content (AvgIpc) is 2.79. The van der Waals surface area contributed by atoms with Gasteiger partial charge in [-0.1, -0.05) is 13.3 Å². The van der Waals surface area contributed by atoms with Gasteiger partial charge in [-0.15, -0.1) is 0 Å². The van der Waals surface area contributed by atoms with Crippen molar-refractivity contribution in [1.29, 1.82) is 0 Å². The van der Waals surface area contributed by atoms with Gasteiger partial charge in [-0.05, 0) is 24.6 Å². The zero-order valence-corrected chi connectivity index (χ0v) is 11.7. The predicted molar refractivity (Wildman–Crippen MR) is 74.2 cm³/mol. The molecule has 1 aromatic carbocycles. The second-order valence-electron chi connectivity index (χ2n) is 4.32. The summed E-state index contributed by atoms with van der Waals surface area (Å²) in [6.45, 7) is 2.01. The summed E-state index contributed by atoms with van der Waals surface area (Å²) in [4.78, 5) is -0.114. The van der Waals surface area contributed by atoms with Crippen molar-refractivity contribution < 1.29 is 12.8 Å². The van der Waals surface area contributed by atoms with Gasteiger partial charge >= 0.3 is 0 Å². The topological polar surface area (TPSA) is 101 Å². The number of nitrogens with zero attached hydrogens (tertiary/aromatic N) is 1. The molecule has 0 atom stereocenters. The fraction of sp³-hybridized carbons (Fsp3) is 0.250. The number of hydrogen-bond donors (Lipinski definition) is 3. The summed E-state index contributed by atoms with van der Waals surface area (Å²) in [5.41, 5.74) is 5.98. The molecule has 1 heterocycles. The number of halogens is 1. The number of nitrogen functional groups attached to an aromatic ring is 1. The highest BCUT2D eigenvalue weighted by molar-refractivity contribution is 7.92. The van der Waals surface area contributed by atoms with Gasteiger partial charge in [0, 0.05) is 11.8 Å². The van der Waals surface area contributed by atoms with E-state index in [4.69, 9.17) is 5.73 Å². The average molecular weight is 298 g/mol. The first-order chi connectivity index (χ1) is 9.42. The molecule has 0 aliphatic rings. The van der Waals surface area contributed by atoms with Crippen LogP contribution in [0.15, 0.2) is 29.2 Å². The van der Waals surface area contributed by atoms with Gasteiger partial charge in [0.25, 0.3) is 10.0 Å². The van der Waals surface area contributed by atoms with Crippen LogP contribution in [0, 0.1) is 5.82 Å². The van der Waals surface area contributed by atoms with Crippen LogP contribution < -0.4 is 10.5 Å². The highest BCUT2D eigenvalue weighted by atomic mass is 32.2. The number of aryl methyl sites for hydroxylation is 1. The summed E-state index contributed by atoms with van der Waals surface area (Å²) in [6, 6.07) is 4.84. The first kappa shape index (κ1) is 14.3. The fourth-order valence-corrected chi connectivity index (χ4v) is 2.72. The Balaban J connectivity index is 2.23. The van der Waals surface area contributed by atoms with E-state index in [1.807, 2.05) is 6.92 Å². The Labute approximate surface area is 116 Å². The molecule has 2 aromatic rings. The van der Waals surface area contributed by atoms with Crippen LogP contribution in [0.5, 0.6) is 0 Å². The molecule has 0 saturated heterocycles. The highest BCUT2D eigenvalue weighted by Crippen LogP contribution is 2.19. The van der Waals surface area contributed by atoms with Crippen molar-refractivity contribution in [3.05, 3.63) is 35.8 Å². The minimum atomic E-state index is -3.83. The number of aromatic nitrogens is 2. The van der Waals surface area contributed by atoms with Crippen molar-refractivity contribution in [1.82, 2.24) is 10.2 Å². The van der Waals surface area contributed by atoms with E-state index in [1.165, 1.54) is 0 Å². The number of anilines is 2. The molecular weight excluding hydrogens is 283 g/mol. The lowest BCUT2D eigenvalue weighted by Crippen LogP contribution is -2.13. The molecule has 0 bridgehead atoms. The standard InChI is InChI=1S/C12H15FN4O2S/c1-2-3-8-6-12(16-15-8)17-20(18,19)9-4-5-10(13)11(14)7-9/h4-7H,2-3,14H2,1H3,(H2,15,16,17). The van der Waals surface area contributed by atoms with E-state index >= 15 is 0 Å². The molecular formula is C12H15FN4O2S. The Kier molecular flexibility index (Phi) is 3.93. The number of benzene rings is 1. The third kappa shape index (κ3) is 3.08. The molecule has 1 aromatic heterocycles. The van der Waals surface area contributed by atoms with Crippen LogP contribution >= 0.6 is 0 Å². The molecule has 0 spiro atoms. The SMILES string of the molecule is CCCc1cc(NS(=O)(=O)c2ccc(F)c(N)c2)n[nH]1. The van der Waals surface area contributed by atoms with Gasteiger partial charge < -0.3 is 5.73 Å². The van der Waals surface area contributed by atoms with E-state index in [0.29, 0.717) is 0 Å². The van der Waals surface area contributed by atoms with Gasteiger partial charge in [0.15, 0.2) is 5.82 Å². The molecule has 8 heteroatoms. The summed E-state index contributed by atoms with van der Waals surface area (Å²) in [7, 11) is -3.83. The zero-order chi connectivity index (χ0) is 14.8. The Bertz CT molecular complexity index is 712. The van der Waals surface area contributed by atoms with Crippen LogP contribution in [0.4, 0.5) is 15.9 Å². The van der Waals surface area contributed by atoms with Gasteiger partial charge in [0.2, 0.25) is 0 Å². The van der Waals surface area contributed by atoms with Crippen LogP contribution in [0.1, 0.15) is 19.0 Å². The van der Waals surface area contributed by atoms with Gasteiger partial charge in [0.05, 0.1) is 10.6 Å². The summed E-state index contributed by atoms with van der Waals surface area (Å²) in [5, 5.41) is 6.60. The minimum absolute atomic E-state index is 0.114. The largest absolute Gasteiger partial charge is 0.396 e. The van der Waals surface area contributed by atoms with Gasteiger partial charge in [0.1, 0.15) is 5.82 Å². The second kappa shape index (κ2) is 5.49. The van der Waals surface area contributed by atoms with Crippen molar-refractivity contribution in [2.24, 2.45) is 0 Å². The van der Waals surface area contributed by atoms with E-state index in [2.05, 4.69) is 14.9 Å². The Morgan fingerprint density at radius 2 is 2.15 bits per heavy atom. The van der Waals surface area contributed by atoms with Crippen molar-refractivity contribution in [2.45, 2.75) is 24.7 Å². The zero-order valence-electron chi connectivity index (χ0n) is 10.9. The molecule has 0 fully saturated rings. The number of rotatable bonds is 5. The van der Waals surface area contributed by atoms with Crippen molar-refractivity contribution in [3.63, 3.8) is 0 Å². The quantitative estimate of drug-likeness (QED) is 0.734. The van der Waals surface area contributed by atoms with Crippen LogP contribution in [0.3, 0.4) is 0 Å². The summed E-state index contributed by atoms with van der Waals surface area (Å²) in [6.07, 6.45) is 1.70. The molecule has 6 nitrogen and oxygen atoms in total. The number of aromatic amines is 1. The lowest BCUT2D eigenvalue weighted by molar-refractivity contribution is 0.600. The lowest BCUT2D eigenvalue weighted by Gasteiger charge is -2.06. The van der Waals surface area contributed by atoms with Crippen molar-refractivity contribution in [3.8, 4) is 0 Å². The predicted octanol–water partition coefficient (Wildman–Crippen LogP) is 1.88. The first-order valence-electron chi connectivity index (χ1n) is 6.04. The maximum Gasteiger partial charge on any atom is 0.263 e. The number of H-pyrrole nitrogens is 1. The maximum atomic E-state index is 13.0. The van der Waals surface area contributed by atoms with Gasteiger partial charge in [-0.2, -0.15) is 5.10 Å². The summed E-state index contributed by atoms with van der Waals surface area (Å²) >= 11 is 0. The first-order valence-corrected chi connectivity index (χ1v) is 7.53. The molecule has 0 aliphatic heterocycles. The molecule has 4 N–H and O–H groups in total. The summed E-state index contributed by atoms with van der Waals surface area (Å²) in [5.74, 6) is -0.467. The molecule has 0 radical (unpaired) electrons. The van der Waals surface area contributed by atoms with E-state index in [9.17, 15) is 12.8 Å². The third-order valence-electron chi connectivity index (χ3n) is 2.67. The Hall–Kier alpha value is -2.09. The Morgan fingerprint density at radius 1 is 1.40 bits per heavy atom. The summed E-state index contributed by atoms with van der Waals surface area (Å²) < 4.78 is 39.5. The smallest absolute Gasteiger partial charge is 0.263 e. The molecule has 0 saturated carbocycles. The van der Waals surface area contributed by atoms with Crippen LogP contribution in [-0.2, 0) is 16.4 Å². The minimum Gasteiger partial charge on any atom is -0.396 e. The normalized spacial score (nSPS) is 11.5. The van der Waals surface area contributed by atoms with E-state index in [0.717, 1.165) is 36.7 Å². The van der Waals surface area contributed by atoms with Crippen molar-refractivity contribution in [2.75, 3.05) is 10.5 Å². The number of nitrogens with one attached hydrogen (secondary N) is 2. The van der Waals surface area contributed by atoms with Crippen LogP contribution in [0.2, 0.25) is 0 Å². The van der Waals surface area contributed by atoms with Crippen LogP contribution in [-0.4, -0.2) is 18.6 Å². The molecule has 108 valence electrons. The molecule has 0 unspecified atom stereocenters. The molecule has 20 heavy (non-hydrogen) atoms. The number of nitrogens with two attached hydrogens (primary N) is 1. The number of hydrogen-bond acceptors (Lipinski definition) is 4. The van der Waals surface area contributed by atoms with E-state index in [1.54, 1.807) is 6.07 Å². The maximum absolute atomic E-state index is 13.0. The monoisotopic (exact) mass is 298 g/mol. The Morgan fingerprint density at radius 3 is 2.80 bits per heavy atom. The van der Waals surface area contributed by atoms with Gasteiger partial charge in [-0.3, -0.25) is 9.82 Å². The van der Waals surface area contributed by atoms with Crippen LogP contribution in [0.25, 0.3) is 0 Å². The molecule has 0 aliphatic carbocycles. The molecule has 0 amide bonds. The number of sulfonamides is 1. The lowest BCUT2D eigenvalue weighted by atomic mass is 10.2. The van der Waals surface area contributed by atoms with Crippen molar-refractivity contribution >= 4 is 21.5 Å². The molecule has 2 rings (SSSR count). The second-order valence-corrected chi connectivity index (χ2v) is 6.00. The fourth-order valence-electron chi connectivity index (χ4n) is 1.70. The van der Waals surface area contributed by atoms with E-state index < -0.39 is 15.8 Å². The van der Waals surface area contributed by atoms with E-state index in [-0.39, 0.29) is 16.4 Å². The highest BCUT2D eigenvalue weighted by Gasteiger charge is 2.17.